The molecule has 2 rings (SSSR count). The van der Waals surface area contributed by atoms with E-state index in [0.29, 0.717) is 12.8 Å². The van der Waals surface area contributed by atoms with E-state index in [-0.39, 0.29) is 41.2 Å². The lowest BCUT2D eigenvalue weighted by atomic mass is 9.64. The number of rotatable bonds is 10. The molecule has 2 atom stereocenters. The highest BCUT2D eigenvalue weighted by Crippen LogP contribution is 2.37. The monoisotopic (exact) mass is 432 g/mol. The van der Waals surface area contributed by atoms with E-state index in [0.717, 1.165) is 18.4 Å². The first kappa shape index (κ1) is 24.9. The fourth-order valence-corrected chi connectivity index (χ4v) is 3.30. The summed E-state index contributed by atoms with van der Waals surface area (Å²) in [5.41, 5.74) is 0.881. The lowest BCUT2D eigenvalue weighted by molar-refractivity contribution is -0.179. The van der Waals surface area contributed by atoms with Crippen LogP contribution in [0.3, 0.4) is 0 Å². The van der Waals surface area contributed by atoms with Gasteiger partial charge in [0.15, 0.2) is 0 Å². The molecule has 170 valence electrons. The van der Waals surface area contributed by atoms with Crippen LogP contribution in [0, 0.1) is 11.8 Å². The van der Waals surface area contributed by atoms with Crippen molar-refractivity contribution in [3.63, 3.8) is 0 Å². The van der Waals surface area contributed by atoms with Gasteiger partial charge in [-0.2, -0.15) is 0 Å². The van der Waals surface area contributed by atoms with E-state index >= 15 is 0 Å². The Kier molecular flexibility index (Phi) is 9.10. The zero-order valence-electron chi connectivity index (χ0n) is 19.1. The number of esters is 2. The van der Waals surface area contributed by atoms with Crippen molar-refractivity contribution in [1.82, 2.24) is 0 Å². The molecule has 31 heavy (non-hydrogen) atoms. The summed E-state index contributed by atoms with van der Waals surface area (Å²) in [5, 5.41) is 10.5. The van der Waals surface area contributed by atoms with E-state index in [1.54, 1.807) is 45.9 Å². The Morgan fingerprint density at radius 2 is 1.90 bits per heavy atom. The molecule has 1 aliphatic rings. The van der Waals surface area contributed by atoms with Gasteiger partial charge in [0.2, 0.25) is 6.29 Å². The number of benzene rings is 1. The average Bonchev–Trinajstić information content (AvgIpc) is 2.71. The topological polar surface area (TPSA) is 99.1 Å². The van der Waals surface area contributed by atoms with E-state index in [1.807, 2.05) is 6.92 Å². The maximum atomic E-state index is 12.8. The highest BCUT2D eigenvalue weighted by molar-refractivity contribution is 6.47. The summed E-state index contributed by atoms with van der Waals surface area (Å²) in [4.78, 5) is 36.9. The van der Waals surface area contributed by atoms with Crippen LogP contribution in [0.2, 0.25) is 5.82 Å². The number of para-hydroxylation sites is 1. The molecule has 1 N–H and O–H groups in total. The quantitative estimate of drug-likeness (QED) is 0.339. The van der Waals surface area contributed by atoms with Crippen LogP contribution in [-0.4, -0.2) is 36.2 Å². The standard InChI is InChI=1S/C23H33BO7/c1-6-7-10-18(25)13-17-12-16-9-8-11-19(20(16)31-24(17)28)22(27)30-23(15(4)5)29-21(26)14(2)3/h8-9,11,14-15,17,23,28H,6-7,10,12-13H2,1-5H3/t17-,23?/m1/s1. The Labute approximate surface area is 184 Å². The largest absolute Gasteiger partial charge is 0.535 e. The third-order valence-electron chi connectivity index (χ3n) is 5.21. The molecule has 1 aliphatic heterocycles. The lowest BCUT2D eigenvalue weighted by Gasteiger charge is -2.29. The van der Waals surface area contributed by atoms with Gasteiger partial charge in [-0.25, -0.2) is 4.79 Å². The van der Waals surface area contributed by atoms with Crippen LogP contribution in [-0.2, 0) is 25.5 Å². The molecule has 1 unspecified atom stereocenters. The minimum Gasteiger partial charge on any atom is -0.535 e. The summed E-state index contributed by atoms with van der Waals surface area (Å²) in [6, 6.07) is 5.06. The number of carbonyl (C=O) groups is 3. The van der Waals surface area contributed by atoms with Gasteiger partial charge in [0.1, 0.15) is 17.1 Å². The van der Waals surface area contributed by atoms with Crippen LogP contribution in [0.15, 0.2) is 18.2 Å². The van der Waals surface area contributed by atoms with E-state index in [2.05, 4.69) is 0 Å². The molecule has 0 radical (unpaired) electrons. The molecule has 0 fully saturated rings. The Balaban J connectivity index is 2.14. The first-order valence-electron chi connectivity index (χ1n) is 11.0. The van der Waals surface area contributed by atoms with Crippen LogP contribution in [0.25, 0.3) is 0 Å². The molecule has 7 nitrogen and oxygen atoms in total. The fourth-order valence-electron chi connectivity index (χ4n) is 3.30. The summed E-state index contributed by atoms with van der Waals surface area (Å²) in [6.45, 7) is 9.00. The first-order chi connectivity index (χ1) is 14.6. The first-order valence-corrected chi connectivity index (χ1v) is 11.0. The van der Waals surface area contributed by atoms with Crippen LogP contribution in [0.1, 0.15) is 76.2 Å². The number of Topliss-reactive ketones (excluding diaryl/α,β-unsaturated/α-hetero) is 1. The zero-order chi connectivity index (χ0) is 23.1. The number of carbonyl (C=O) groups excluding carboxylic acids is 3. The van der Waals surface area contributed by atoms with Gasteiger partial charge in [0.05, 0.1) is 5.92 Å². The van der Waals surface area contributed by atoms with Gasteiger partial charge >= 0.3 is 19.1 Å². The number of fused-ring (bicyclic) bond motifs is 1. The highest BCUT2D eigenvalue weighted by Gasteiger charge is 2.38. The van der Waals surface area contributed by atoms with Crippen molar-refractivity contribution < 1.29 is 33.5 Å². The van der Waals surface area contributed by atoms with E-state index < -0.39 is 25.3 Å². The second kappa shape index (κ2) is 11.3. The minimum absolute atomic E-state index is 0.0975. The molecule has 0 spiro atoms. The smallest absolute Gasteiger partial charge is 0.526 e. The van der Waals surface area contributed by atoms with Crippen molar-refractivity contribution in [3.8, 4) is 5.75 Å². The number of unbranched alkanes of at least 4 members (excludes halogenated alkanes) is 1. The van der Waals surface area contributed by atoms with Gasteiger partial charge < -0.3 is 19.2 Å². The van der Waals surface area contributed by atoms with Crippen LogP contribution >= 0.6 is 0 Å². The minimum atomic E-state index is -1.19. The Morgan fingerprint density at radius 3 is 2.52 bits per heavy atom. The van der Waals surface area contributed by atoms with E-state index in [4.69, 9.17) is 14.1 Å². The maximum Gasteiger partial charge on any atom is 0.526 e. The van der Waals surface area contributed by atoms with Gasteiger partial charge in [-0.3, -0.25) is 9.59 Å². The van der Waals surface area contributed by atoms with Gasteiger partial charge in [0, 0.05) is 24.6 Å². The summed E-state index contributed by atoms with van der Waals surface area (Å²) in [7, 11) is -1.19. The molecule has 0 aliphatic carbocycles. The number of hydrogen-bond donors (Lipinski definition) is 1. The normalized spacial score (nSPS) is 16.5. The Morgan fingerprint density at radius 1 is 1.19 bits per heavy atom. The van der Waals surface area contributed by atoms with Crippen molar-refractivity contribution in [3.05, 3.63) is 29.3 Å². The fraction of sp³-hybridized carbons (Fsp3) is 0.609. The molecule has 0 saturated heterocycles. The number of hydrogen-bond acceptors (Lipinski definition) is 7. The maximum absolute atomic E-state index is 12.8. The predicted octanol–water partition coefficient (Wildman–Crippen LogP) is 3.96. The molecular weight excluding hydrogens is 399 g/mol. The predicted molar refractivity (Wildman–Crippen MR) is 117 cm³/mol. The molecule has 8 heteroatoms. The molecular formula is C23H33BO7. The Bertz CT molecular complexity index is 790. The SMILES string of the molecule is CCCCC(=O)C[C@H]1Cc2cccc(C(=O)OC(OC(=O)C(C)C)C(C)C)c2OB1O. The van der Waals surface area contributed by atoms with Gasteiger partial charge in [-0.15, -0.1) is 0 Å². The van der Waals surface area contributed by atoms with Crippen LogP contribution in [0.5, 0.6) is 5.75 Å². The second-order valence-electron chi connectivity index (χ2n) is 8.72. The molecule has 1 heterocycles. The Hall–Kier alpha value is -2.35. The van der Waals surface area contributed by atoms with Gasteiger partial charge in [0.25, 0.3) is 0 Å². The van der Waals surface area contributed by atoms with Crippen molar-refractivity contribution in [2.75, 3.05) is 0 Å². The summed E-state index contributed by atoms with van der Waals surface area (Å²) in [6.07, 6.45) is 1.88. The van der Waals surface area contributed by atoms with Crippen molar-refractivity contribution in [2.45, 2.75) is 78.8 Å². The molecule has 0 bridgehead atoms. The number of ketones is 1. The molecule has 0 aromatic heterocycles. The summed E-state index contributed by atoms with van der Waals surface area (Å²) >= 11 is 0. The van der Waals surface area contributed by atoms with E-state index in [9.17, 15) is 19.4 Å². The average molecular weight is 432 g/mol. The van der Waals surface area contributed by atoms with Crippen molar-refractivity contribution >= 4 is 24.8 Å². The number of ether oxygens (including phenoxy) is 2. The summed E-state index contributed by atoms with van der Waals surface area (Å²) < 4.78 is 16.4. The zero-order valence-corrected chi connectivity index (χ0v) is 19.1. The second-order valence-corrected chi connectivity index (χ2v) is 8.72. The summed E-state index contributed by atoms with van der Waals surface area (Å²) in [5.74, 6) is -1.76. The van der Waals surface area contributed by atoms with E-state index in [1.165, 1.54) is 0 Å². The van der Waals surface area contributed by atoms with Gasteiger partial charge in [-0.1, -0.05) is 53.2 Å². The third kappa shape index (κ3) is 6.82. The highest BCUT2D eigenvalue weighted by atomic mass is 16.7. The molecule has 0 saturated carbocycles. The van der Waals surface area contributed by atoms with Crippen LogP contribution < -0.4 is 4.65 Å². The van der Waals surface area contributed by atoms with Crippen molar-refractivity contribution in [1.29, 1.82) is 0 Å². The molecule has 0 amide bonds. The van der Waals surface area contributed by atoms with Crippen LogP contribution in [0.4, 0.5) is 0 Å². The van der Waals surface area contributed by atoms with Crippen molar-refractivity contribution in [2.24, 2.45) is 11.8 Å². The molecule has 1 aromatic rings. The lowest BCUT2D eigenvalue weighted by Crippen LogP contribution is -2.36. The van der Waals surface area contributed by atoms with Gasteiger partial charge in [-0.05, 0) is 24.5 Å². The third-order valence-corrected chi connectivity index (χ3v) is 5.21. The molecule has 1 aromatic carbocycles.